The third kappa shape index (κ3) is 4.95. The van der Waals surface area contributed by atoms with Crippen LogP contribution in [0.3, 0.4) is 0 Å². The Morgan fingerprint density at radius 2 is 1.29 bits per heavy atom. The van der Waals surface area contributed by atoms with Crippen molar-refractivity contribution in [1.29, 1.82) is 0 Å². The summed E-state index contributed by atoms with van der Waals surface area (Å²) >= 11 is 0. The summed E-state index contributed by atoms with van der Waals surface area (Å²) in [5, 5.41) is 0. The van der Waals surface area contributed by atoms with E-state index >= 15 is 0 Å². The molecule has 0 N–H and O–H groups in total. The van der Waals surface area contributed by atoms with Crippen molar-refractivity contribution < 1.29 is 27.6 Å². The van der Waals surface area contributed by atoms with Crippen LogP contribution in [0.2, 0.25) is 0 Å². The van der Waals surface area contributed by atoms with Crippen LogP contribution in [0.25, 0.3) is 0 Å². The molecule has 1 unspecified atom stereocenters. The first kappa shape index (κ1) is 20.9. The fourth-order valence-electron chi connectivity index (χ4n) is 4.06. The quantitative estimate of drug-likeness (QED) is 0.631. The second-order valence-electron chi connectivity index (χ2n) is 7.79. The van der Waals surface area contributed by atoms with E-state index in [9.17, 15) is 27.6 Å². The van der Waals surface area contributed by atoms with Gasteiger partial charge in [0.1, 0.15) is 0 Å². The van der Waals surface area contributed by atoms with Gasteiger partial charge in [0, 0.05) is 52.4 Å². The number of alkyl halides is 3. The van der Waals surface area contributed by atoms with Gasteiger partial charge in [-0.15, -0.1) is 0 Å². The first-order valence-electron chi connectivity index (χ1n) is 9.90. The fraction of sp³-hybridized carbons (Fsp3) is 0.833. The van der Waals surface area contributed by atoms with Crippen molar-refractivity contribution in [3.8, 4) is 0 Å². The van der Waals surface area contributed by atoms with E-state index in [4.69, 9.17) is 0 Å². The van der Waals surface area contributed by atoms with E-state index in [1.165, 1.54) is 9.80 Å². The molecule has 0 aromatic carbocycles. The largest absolute Gasteiger partial charge is 0.393 e. The Morgan fingerprint density at radius 3 is 1.86 bits per heavy atom. The Hall–Kier alpha value is -1.84. The molecular weight excluding hydrogens is 377 g/mol. The maximum atomic E-state index is 12.9. The van der Waals surface area contributed by atoms with E-state index in [1.807, 2.05) is 4.90 Å². The lowest BCUT2D eigenvalue weighted by Crippen LogP contribution is -2.55. The second-order valence-corrected chi connectivity index (χ2v) is 7.79. The number of nitrogens with zero attached hydrogens (tertiary/aromatic N) is 4. The lowest BCUT2D eigenvalue weighted by Gasteiger charge is -2.37. The van der Waals surface area contributed by atoms with Crippen LogP contribution in [0.15, 0.2) is 0 Å². The molecule has 3 aliphatic rings. The molecule has 10 heteroatoms. The molecule has 0 bridgehead atoms. The third-order valence-electron chi connectivity index (χ3n) is 5.83. The maximum absolute atomic E-state index is 12.9. The number of rotatable bonds is 2. The second kappa shape index (κ2) is 8.67. The van der Waals surface area contributed by atoms with Crippen LogP contribution >= 0.6 is 0 Å². The minimum absolute atomic E-state index is 0.0483. The fourth-order valence-corrected chi connectivity index (χ4v) is 4.06. The zero-order valence-corrected chi connectivity index (χ0v) is 15.9. The molecule has 0 saturated carbocycles. The van der Waals surface area contributed by atoms with E-state index in [2.05, 4.69) is 0 Å². The standard InChI is InChI=1S/C18H27F3N4O3/c19-18(20,21)14-4-3-7-25(12-14)15(26)13-22-8-10-24(11-9-22)17(28)16(27)23-5-1-2-6-23/h14H,1-13H2. The minimum Gasteiger partial charge on any atom is -0.341 e. The van der Waals surface area contributed by atoms with Crippen molar-refractivity contribution in [2.75, 3.05) is 58.9 Å². The topological polar surface area (TPSA) is 64.2 Å². The predicted molar refractivity (Wildman–Crippen MR) is 94.2 cm³/mol. The predicted octanol–water partition coefficient (Wildman–Crippen LogP) is 0.554. The molecule has 3 fully saturated rings. The number of hydrogen-bond acceptors (Lipinski definition) is 4. The van der Waals surface area contributed by atoms with E-state index in [0.717, 1.165) is 12.8 Å². The van der Waals surface area contributed by atoms with Gasteiger partial charge in [0.15, 0.2) is 0 Å². The number of piperidine rings is 1. The van der Waals surface area contributed by atoms with Crippen molar-refractivity contribution in [3.63, 3.8) is 0 Å². The van der Waals surface area contributed by atoms with Gasteiger partial charge >= 0.3 is 18.0 Å². The Kier molecular flexibility index (Phi) is 6.47. The highest BCUT2D eigenvalue weighted by Crippen LogP contribution is 2.33. The lowest BCUT2D eigenvalue weighted by atomic mass is 9.97. The molecule has 158 valence electrons. The zero-order valence-electron chi connectivity index (χ0n) is 15.9. The Labute approximate surface area is 162 Å². The van der Waals surface area contributed by atoms with E-state index in [1.54, 1.807) is 4.90 Å². The van der Waals surface area contributed by atoms with Gasteiger partial charge in [-0.05, 0) is 25.7 Å². The first-order valence-corrected chi connectivity index (χ1v) is 9.90. The summed E-state index contributed by atoms with van der Waals surface area (Å²) in [4.78, 5) is 43.1. The maximum Gasteiger partial charge on any atom is 0.393 e. The summed E-state index contributed by atoms with van der Waals surface area (Å²) in [5.41, 5.74) is 0. The van der Waals surface area contributed by atoms with Crippen LogP contribution in [0.1, 0.15) is 25.7 Å². The number of carbonyl (C=O) groups excluding carboxylic acids is 3. The SMILES string of the molecule is O=C(CN1CCN(C(=O)C(=O)N2CCCC2)CC1)N1CCCC(C(F)(F)F)C1. The summed E-state index contributed by atoms with van der Waals surface area (Å²) in [7, 11) is 0. The summed E-state index contributed by atoms with van der Waals surface area (Å²) in [6.45, 7) is 2.92. The number of hydrogen-bond donors (Lipinski definition) is 0. The molecule has 0 radical (unpaired) electrons. The molecule has 0 aromatic rings. The van der Waals surface area contributed by atoms with Crippen molar-refractivity contribution in [2.45, 2.75) is 31.9 Å². The molecular formula is C18H27F3N4O3. The van der Waals surface area contributed by atoms with Crippen molar-refractivity contribution in [1.82, 2.24) is 19.6 Å². The first-order chi connectivity index (χ1) is 13.3. The molecule has 0 aromatic heterocycles. The number of amides is 3. The smallest absolute Gasteiger partial charge is 0.341 e. The van der Waals surface area contributed by atoms with Crippen LogP contribution in [0.5, 0.6) is 0 Å². The Bertz CT molecular complexity index is 599. The normalized spacial score (nSPS) is 24.5. The van der Waals surface area contributed by atoms with Gasteiger partial charge in [-0.1, -0.05) is 0 Å². The summed E-state index contributed by atoms with van der Waals surface area (Å²) in [6.07, 6.45) is -2.01. The van der Waals surface area contributed by atoms with Crippen molar-refractivity contribution in [3.05, 3.63) is 0 Å². The van der Waals surface area contributed by atoms with E-state index in [-0.39, 0.29) is 25.4 Å². The van der Waals surface area contributed by atoms with Crippen LogP contribution in [-0.2, 0) is 14.4 Å². The zero-order chi connectivity index (χ0) is 20.3. The molecule has 0 spiro atoms. The molecule has 1 atom stereocenters. The third-order valence-corrected chi connectivity index (χ3v) is 5.83. The molecule has 3 amide bonds. The number of piperazine rings is 1. The van der Waals surface area contributed by atoms with Gasteiger partial charge in [-0.2, -0.15) is 13.2 Å². The van der Waals surface area contributed by atoms with Gasteiger partial charge in [0.25, 0.3) is 0 Å². The Balaban J connectivity index is 1.44. The lowest BCUT2D eigenvalue weighted by molar-refractivity contribution is -0.188. The molecule has 3 saturated heterocycles. The van der Waals surface area contributed by atoms with Crippen molar-refractivity contribution >= 4 is 17.7 Å². The highest BCUT2D eigenvalue weighted by molar-refractivity contribution is 6.35. The highest BCUT2D eigenvalue weighted by atomic mass is 19.4. The van der Waals surface area contributed by atoms with Gasteiger partial charge in [-0.25, -0.2) is 0 Å². The van der Waals surface area contributed by atoms with Gasteiger partial charge in [-0.3, -0.25) is 19.3 Å². The molecule has 28 heavy (non-hydrogen) atoms. The number of halogens is 3. The summed E-state index contributed by atoms with van der Waals surface area (Å²) in [5.74, 6) is -2.72. The van der Waals surface area contributed by atoms with Gasteiger partial charge in [0.05, 0.1) is 12.5 Å². The van der Waals surface area contributed by atoms with Crippen LogP contribution in [0.4, 0.5) is 13.2 Å². The van der Waals surface area contributed by atoms with E-state index < -0.39 is 23.9 Å². The minimum atomic E-state index is -4.27. The van der Waals surface area contributed by atoms with Crippen LogP contribution < -0.4 is 0 Å². The Morgan fingerprint density at radius 1 is 0.750 bits per heavy atom. The average molecular weight is 404 g/mol. The number of likely N-dealkylation sites (tertiary alicyclic amines) is 2. The summed E-state index contributed by atoms with van der Waals surface area (Å²) in [6, 6.07) is 0. The summed E-state index contributed by atoms with van der Waals surface area (Å²) < 4.78 is 38.7. The molecule has 7 nitrogen and oxygen atoms in total. The molecule has 3 heterocycles. The average Bonchev–Trinajstić information content (AvgIpc) is 3.21. The van der Waals surface area contributed by atoms with Gasteiger partial charge in [0.2, 0.25) is 5.91 Å². The number of carbonyl (C=O) groups is 3. The monoisotopic (exact) mass is 404 g/mol. The van der Waals surface area contributed by atoms with Gasteiger partial charge < -0.3 is 14.7 Å². The van der Waals surface area contributed by atoms with E-state index in [0.29, 0.717) is 52.2 Å². The molecule has 3 rings (SSSR count). The van der Waals surface area contributed by atoms with Crippen LogP contribution in [0, 0.1) is 5.92 Å². The molecule has 3 aliphatic heterocycles. The van der Waals surface area contributed by atoms with Crippen LogP contribution in [-0.4, -0.2) is 102 Å². The van der Waals surface area contributed by atoms with Crippen molar-refractivity contribution in [2.24, 2.45) is 5.92 Å². The molecule has 0 aliphatic carbocycles. The highest BCUT2D eigenvalue weighted by Gasteiger charge is 2.42.